The number of benzene rings is 1. The van der Waals surface area contributed by atoms with Crippen molar-refractivity contribution < 1.29 is 9.59 Å². The van der Waals surface area contributed by atoms with Gasteiger partial charge in [-0.15, -0.1) is 0 Å². The molecule has 2 heterocycles. The predicted molar refractivity (Wildman–Crippen MR) is 71.6 cm³/mol. The first-order valence-electron chi connectivity index (χ1n) is 5.83. The molecule has 2 aromatic rings. The van der Waals surface area contributed by atoms with Crippen molar-refractivity contribution in [2.24, 2.45) is 0 Å². The van der Waals surface area contributed by atoms with Crippen LogP contribution in [0.3, 0.4) is 0 Å². The predicted octanol–water partition coefficient (Wildman–Crippen LogP) is 2.30. The average molecular weight is 250 g/mol. The molecular weight excluding hydrogens is 240 g/mol. The summed E-state index contributed by atoms with van der Waals surface area (Å²) in [5.74, 6) is -0.390. The summed E-state index contributed by atoms with van der Waals surface area (Å²) < 4.78 is 0. The number of fused-ring (bicyclic) bond motifs is 1. The number of anilines is 1. The molecule has 1 aromatic carbocycles. The van der Waals surface area contributed by atoms with E-state index in [0.717, 1.165) is 5.56 Å². The summed E-state index contributed by atoms with van der Waals surface area (Å²) in [6, 6.07) is 12.6. The lowest BCUT2D eigenvalue weighted by atomic mass is 9.97. The summed E-state index contributed by atoms with van der Waals surface area (Å²) in [6.45, 7) is 0. The number of ketones is 1. The molecular formula is C15H10N2O2. The summed E-state index contributed by atoms with van der Waals surface area (Å²) in [7, 11) is 0. The van der Waals surface area contributed by atoms with Crippen molar-refractivity contribution in [2.45, 2.75) is 0 Å². The number of aromatic nitrogens is 1. The lowest BCUT2D eigenvalue weighted by molar-refractivity contribution is -0.112. The normalized spacial score (nSPS) is 16.1. The highest BCUT2D eigenvalue weighted by Gasteiger charge is 2.28. The standard InChI is InChI=1S/C15H10N2O2/c18-13-11-7-4-8-16-14(11)17-15(19)12(13)9-10-5-2-1-3-6-10/h1-9H,(H,16,17,19). The van der Waals surface area contributed by atoms with Crippen LogP contribution in [0, 0.1) is 0 Å². The van der Waals surface area contributed by atoms with Gasteiger partial charge in [-0.05, 0) is 23.8 Å². The molecule has 0 saturated carbocycles. The highest BCUT2D eigenvalue weighted by molar-refractivity contribution is 6.35. The van der Waals surface area contributed by atoms with Gasteiger partial charge in [-0.3, -0.25) is 9.59 Å². The monoisotopic (exact) mass is 250 g/mol. The van der Waals surface area contributed by atoms with E-state index in [4.69, 9.17) is 0 Å². The number of Topliss-reactive ketones (excluding diaryl/α,β-unsaturated/α-hetero) is 1. The SMILES string of the molecule is O=C1Nc2ncccc2C(=O)C1=Cc1ccccc1. The molecule has 0 spiro atoms. The fourth-order valence-corrected chi connectivity index (χ4v) is 1.96. The fraction of sp³-hybridized carbons (Fsp3) is 0. The van der Waals surface area contributed by atoms with Crippen molar-refractivity contribution in [2.75, 3.05) is 5.32 Å². The number of hydrogen-bond acceptors (Lipinski definition) is 3. The van der Waals surface area contributed by atoms with Gasteiger partial charge in [0, 0.05) is 6.20 Å². The number of rotatable bonds is 1. The maximum Gasteiger partial charge on any atom is 0.260 e. The highest BCUT2D eigenvalue weighted by Crippen LogP contribution is 2.24. The van der Waals surface area contributed by atoms with Crippen LogP contribution in [-0.2, 0) is 4.79 Å². The minimum atomic E-state index is -0.417. The number of carbonyl (C=O) groups is 2. The molecule has 19 heavy (non-hydrogen) atoms. The van der Waals surface area contributed by atoms with E-state index in [1.165, 1.54) is 6.20 Å². The van der Waals surface area contributed by atoms with E-state index < -0.39 is 5.91 Å². The number of nitrogens with one attached hydrogen (secondary N) is 1. The molecule has 0 atom stereocenters. The maximum atomic E-state index is 12.3. The van der Waals surface area contributed by atoms with Gasteiger partial charge in [0.1, 0.15) is 5.82 Å². The molecule has 3 rings (SSSR count). The van der Waals surface area contributed by atoms with Crippen LogP contribution in [0.5, 0.6) is 0 Å². The molecule has 1 N–H and O–H groups in total. The number of nitrogens with zero attached hydrogens (tertiary/aromatic N) is 1. The molecule has 1 aliphatic rings. The lowest BCUT2D eigenvalue weighted by Crippen LogP contribution is -2.28. The van der Waals surface area contributed by atoms with Crippen LogP contribution in [0.1, 0.15) is 15.9 Å². The summed E-state index contributed by atoms with van der Waals surface area (Å²) >= 11 is 0. The van der Waals surface area contributed by atoms with Gasteiger partial charge in [0.25, 0.3) is 5.91 Å². The number of hydrogen-bond donors (Lipinski definition) is 1. The first-order valence-corrected chi connectivity index (χ1v) is 5.83. The lowest BCUT2D eigenvalue weighted by Gasteiger charge is -2.16. The molecule has 4 heteroatoms. The van der Waals surface area contributed by atoms with Crippen LogP contribution < -0.4 is 5.32 Å². The minimum Gasteiger partial charge on any atom is -0.306 e. The van der Waals surface area contributed by atoms with E-state index in [2.05, 4.69) is 10.3 Å². The summed E-state index contributed by atoms with van der Waals surface area (Å²) in [5, 5.41) is 2.62. The second-order valence-electron chi connectivity index (χ2n) is 4.15. The van der Waals surface area contributed by atoms with Crippen molar-refractivity contribution in [3.05, 3.63) is 65.4 Å². The second-order valence-corrected chi connectivity index (χ2v) is 4.15. The molecule has 0 aliphatic carbocycles. The third-order valence-electron chi connectivity index (χ3n) is 2.88. The molecule has 0 unspecified atom stereocenters. The van der Waals surface area contributed by atoms with Gasteiger partial charge in [-0.2, -0.15) is 0 Å². The summed E-state index contributed by atoms with van der Waals surface area (Å²) in [5.41, 5.74) is 1.37. The fourth-order valence-electron chi connectivity index (χ4n) is 1.96. The maximum absolute atomic E-state index is 12.3. The largest absolute Gasteiger partial charge is 0.306 e. The first kappa shape index (κ1) is 11.3. The zero-order chi connectivity index (χ0) is 13.2. The molecule has 92 valence electrons. The van der Waals surface area contributed by atoms with E-state index in [0.29, 0.717) is 11.4 Å². The zero-order valence-corrected chi connectivity index (χ0v) is 9.96. The van der Waals surface area contributed by atoms with Gasteiger partial charge in [0.05, 0.1) is 11.1 Å². The van der Waals surface area contributed by atoms with E-state index in [1.807, 2.05) is 30.3 Å². The van der Waals surface area contributed by atoms with Crippen LogP contribution >= 0.6 is 0 Å². The first-order chi connectivity index (χ1) is 9.25. The molecule has 0 radical (unpaired) electrons. The Morgan fingerprint density at radius 2 is 1.79 bits per heavy atom. The Bertz CT molecular complexity index is 690. The average Bonchev–Trinajstić information content (AvgIpc) is 2.45. The van der Waals surface area contributed by atoms with Gasteiger partial charge in [-0.25, -0.2) is 4.98 Å². The quantitative estimate of drug-likeness (QED) is 0.624. The van der Waals surface area contributed by atoms with Gasteiger partial charge < -0.3 is 5.32 Å². The topological polar surface area (TPSA) is 59.1 Å². The van der Waals surface area contributed by atoms with Crippen LogP contribution in [0.25, 0.3) is 6.08 Å². The van der Waals surface area contributed by atoms with Crippen LogP contribution in [0.2, 0.25) is 0 Å². The number of pyridine rings is 1. The summed E-state index contributed by atoms with van der Waals surface area (Å²) in [4.78, 5) is 28.2. The van der Waals surface area contributed by atoms with Crippen molar-refractivity contribution in [3.8, 4) is 0 Å². The second kappa shape index (κ2) is 4.49. The molecule has 0 bridgehead atoms. The zero-order valence-electron chi connectivity index (χ0n) is 9.96. The number of amides is 1. The smallest absolute Gasteiger partial charge is 0.260 e. The van der Waals surface area contributed by atoms with Gasteiger partial charge in [0.15, 0.2) is 0 Å². The minimum absolute atomic E-state index is 0.131. The molecule has 1 amide bonds. The molecule has 0 saturated heterocycles. The Morgan fingerprint density at radius 3 is 2.58 bits per heavy atom. The Kier molecular flexibility index (Phi) is 2.68. The van der Waals surface area contributed by atoms with E-state index >= 15 is 0 Å². The Morgan fingerprint density at radius 1 is 1.00 bits per heavy atom. The molecule has 0 fully saturated rings. The van der Waals surface area contributed by atoms with Crippen molar-refractivity contribution in [1.82, 2.24) is 4.98 Å². The van der Waals surface area contributed by atoms with E-state index in [-0.39, 0.29) is 11.4 Å². The van der Waals surface area contributed by atoms with Gasteiger partial charge in [-0.1, -0.05) is 30.3 Å². The van der Waals surface area contributed by atoms with Crippen LogP contribution in [-0.4, -0.2) is 16.7 Å². The molecule has 4 nitrogen and oxygen atoms in total. The van der Waals surface area contributed by atoms with E-state index in [1.54, 1.807) is 18.2 Å². The van der Waals surface area contributed by atoms with Gasteiger partial charge in [0.2, 0.25) is 5.78 Å². The van der Waals surface area contributed by atoms with Crippen LogP contribution in [0.15, 0.2) is 54.2 Å². The van der Waals surface area contributed by atoms with Crippen molar-refractivity contribution in [1.29, 1.82) is 0 Å². The third-order valence-corrected chi connectivity index (χ3v) is 2.88. The Hall–Kier alpha value is -2.75. The highest BCUT2D eigenvalue weighted by atomic mass is 16.2. The van der Waals surface area contributed by atoms with E-state index in [9.17, 15) is 9.59 Å². The molecule has 1 aliphatic heterocycles. The van der Waals surface area contributed by atoms with Gasteiger partial charge >= 0.3 is 0 Å². The Labute approximate surface area is 109 Å². The van der Waals surface area contributed by atoms with Crippen LogP contribution in [0.4, 0.5) is 5.82 Å². The Balaban J connectivity index is 2.07. The summed E-state index contributed by atoms with van der Waals surface area (Å²) in [6.07, 6.45) is 3.13. The molecule has 1 aromatic heterocycles. The number of carbonyl (C=O) groups excluding carboxylic acids is 2. The third kappa shape index (κ3) is 2.04. The van der Waals surface area contributed by atoms with Crippen molar-refractivity contribution in [3.63, 3.8) is 0 Å². The van der Waals surface area contributed by atoms with Crippen molar-refractivity contribution >= 4 is 23.6 Å².